The molecule has 1 aromatic rings. The molecule has 0 aliphatic heterocycles. The Kier molecular flexibility index (Phi) is 7.69. The number of amides is 2. The normalized spacial score (nSPS) is 14.1. The third-order valence-electron chi connectivity index (χ3n) is 4.02. The van der Waals surface area contributed by atoms with Crippen LogP contribution in [-0.2, 0) is 0 Å². The molecule has 0 radical (unpaired) electrons. The molecule has 0 spiro atoms. The highest BCUT2D eigenvalue weighted by Crippen LogP contribution is 2.23. The zero-order valence-corrected chi connectivity index (χ0v) is 17.5. The molecule has 1 aliphatic rings. The smallest absolute Gasteiger partial charge is 0.323 e. The third kappa shape index (κ3) is 6.41. The summed E-state index contributed by atoms with van der Waals surface area (Å²) in [5.74, 6) is -0.652. The molecule has 28 heavy (non-hydrogen) atoms. The molecule has 2 N–H and O–H groups in total. The summed E-state index contributed by atoms with van der Waals surface area (Å²) in [5.41, 5.74) is 1.40. The van der Waals surface area contributed by atoms with Crippen LogP contribution in [0.15, 0.2) is 41.7 Å². The monoisotopic (exact) mass is 407 g/mol. The highest BCUT2D eigenvalue weighted by atomic mass is 32.1. The van der Waals surface area contributed by atoms with E-state index >= 15 is 0 Å². The van der Waals surface area contributed by atoms with Crippen molar-refractivity contribution in [2.75, 3.05) is 18.4 Å². The molecule has 1 aromatic carbocycles. The lowest BCUT2D eigenvalue weighted by Crippen LogP contribution is -2.38. The van der Waals surface area contributed by atoms with Gasteiger partial charge in [-0.15, -0.1) is 0 Å². The zero-order chi connectivity index (χ0) is 20.8. The number of anilines is 1. The van der Waals surface area contributed by atoms with E-state index in [1.54, 1.807) is 6.08 Å². The standard InChI is InChI=1S/C21H27F2N3OS/c1-13(2)11-26(12-14(3)4)20-8-6-16(28)10-19(20)25-21(27)24-18-7-5-15(22)9-17(18)23/h5,7-10,13-14H,6,11-12H2,1-4H3,(H2,24,25,27). The van der Waals surface area contributed by atoms with Gasteiger partial charge in [0.15, 0.2) is 0 Å². The van der Waals surface area contributed by atoms with Crippen LogP contribution in [0, 0.1) is 23.5 Å². The van der Waals surface area contributed by atoms with Crippen molar-refractivity contribution in [2.45, 2.75) is 34.1 Å². The summed E-state index contributed by atoms with van der Waals surface area (Å²) in [6.45, 7) is 10.2. The molecule has 7 heteroatoms. The second-order valence-electron chi connectivity index (χ2n) is 7.71. The van der Waals surface area contributed by atoms with Crippen molar-refractivity contribution in [2.24, 2.45) is 11.8 Å². The molecule has 2 rings (SSSR count). The predicted octanol–water partition coefficient (Wildman–Crippen LogP) is 5.24. The first-order chi connectivity index (χ1) is 13.2. The summed E-state index contributed by atoms with van der Waals surface area (Å²) in [4.78, 5) is 15.4. The minimum atomic E-state index is -0.833. The lowest BCUT2D eigenvalue weighted by atomic mass is 10.0. The molecule has 0 heterocycles. The number of carbonyl (C=O) groups excluding carboxylic acids is 1. The number of allylic oxidation sites excluding steroid dienone is 2. The van der Waals surface area contributed by atoms with Gasteiger partial charge in [0, 0.05) is 30.4 Å². The van der Waals surface area contributed by atoms with Crippen LogP contribution in [0.25, 0.3) is 0 Å². The van der Waals surface area contributed by atoms with E-state index in [1.807, 2.05) is 6.08 Å². The van der Waals surface area contributed by atoms with Gasteiger partial charge in [0.05, 0.1) is 17.1 Å². The van der Waals surface area contributed by atoms with Crippen molar-refractivity contribution in [3.8, 4) is 0 Å². The van der Waals surface area contributed by atoms with Gasteiger partial charge in [0.2, 0.25) is 0 Å². The molecule has 0 saturated heterocycles. The molecule has 152 valence electrons. The van der Waals surface area contributed by atoms with Crippen molar-refractivity contribution in [1.82, 2.24) is 10.2 Å². The van der Waals surface area contributed by atoms with Gasteiger partial charge in [-0.25, -0.2) is 13.6 Å². The van der Waals surface area contributed by atoms with Crippen molar-refractivity contribution in [3.63, 3.8) is 0 Å². The molecule has 0 fully saturated rings. The Labute approximate surface area is 170 Å². The number of benzene rings is 1. The largest absolute Gasteiger partial charge is 0.370 e. The summed E-state index contributed by atoms with van der Waals surface area (Å²) < 4.78 is 26.8. The average Bonchev–Trinajstić information content (AvgIpc) is 2.56. The van der Waals surface area contributed by atoms with E-state index in [4.69, 9.17) is 12.2 Å². The number of hydrogen-bond acceptors (Lipinski definition) is 3. The second-order valence-corrected chi connectivity index (χ2v) is 8.24. The first-order valence-electron chi connectivity index (χ1n) is 9.38. The lowest BCUT2D eigenvalue weighted by Gasteiger charge is -2.33. The van der Waals surface area contributed by atoms with E-state index in [1.165, 1.54) is 6.07 Å². The molecule has 0 atom stereocenters. The number of halogens is 2. The Morgan fingerprint density at radius 3 is 2.36 bits per heavy atom. The van der Waals surface area contributed by atoms with Crippen LogP contribution < -0.4 is 10.6 Å². The van der Waals surface area contributed by atoms with Crippen LogP contribution in [0.3, 0.4) is 0 Å². The second kappa shape index (κ2) is 9.78. The van der Waals surface area contributed by atoms with Crippen LogP contribution in [0.2, 0.25) is 0 Å². The maximum Gasteiger partial charge on any atom is 0.323 e. The predicted molar refractivity (Wildman–Crippen MR) is 113 cm³/mol. The van der Waals surface area contributed by atoms with Gasteiger partial charge in [-0.2, -0.15) is 0 Å². The molecular weight excluding hydrogens is 380 g/mol. The molecule has 0 aromatic heterocycles. The van der Waals surface area contributed by atoms with Crippen LogP contribution in [0.4, 0.5) is 19.3 Å². The van der Waals surface area contributed by atoms with Crippen molar-refractivity contribution >= 4 is 28.8 Å². The first kappa shape index (κ1) is 22.0. The molecular formula is C21H27F2N3OS. The maximum atomic E-state index is 13.8. The van der Waals surface area contributed by atoms with Crippen molar-refractivity contribution < 1.29 is 13.6 Å². The van der Waals surface area contributed by atoms with Gasteiger partial charge in [-0.1, -0.05) is 46.0 Å². The Balaban J connectivity index is 2.18. The third-order valence-corrected chi connectivity index (χ3v) is 4.30. The van der Waals surface area contributed by atoms with Gasteiger partial charge >= 0.3 is 6.03 Å². The minimum absolute atomic E-state index is 0.0929. The Morgan fingerprint density at radius 1 is 1.14 bits per heavy atom. The highest BCUT2D eigenvalue weighted by molar-refractivity contribution is 7.80. The summed E-state index contributed by atoms with van der Waals surface area (Å²) in [7, 11) is 0. The fourth-order valence-corrected chi connectivity index (χ4v) is 3.22. The van der Waals surface area contributed by atoms with Gasteiger partial charge in [-0.05, 0) is 30.0 Å². The molecule has 4 nitrogen and oxygen atoms in total. The SMILES string of the molecule is CC(C)CN(CC(C)C)C1=CCC(=S)C=C1NC(=O)Nc1ccc(F)cc1F. The number of hydrogen-bond donors (Lipinski definition) is 2. The Bertz CT molecular complexity index is 793. The number of urea groups is 1. The van der Waals surface area contributed by atoms with Crippen LogP contribution in [0.5, 0.6) is 0 Å². The summed E-state index contributed by atoms with van der Waals surface area (Å²) in [6.07, 6.45) is 4.41. The molecule has 0 bridgehead atoms. The summed E-state index contributed by atoms with van der Waals surface area (Å²) >= 11 is 5.30. The van der Waals surface area contributed by atoms with E-state index in [9.17, 15) is 13.6 Å². The van der Waals surface area contributed by atoms with Crippen molar-refractivity contribution in [1.29, 1.82) is 0 Å². The summed E-state index contributed by atoms with van der Waals surface area (Å²) in [5, 5.41) is 5.19. The summed E-state index contributed by atoms with van der Waals surface area (Å²) in [6, 6.07) is 2.39. The van der Waals surface area contributed by atoms with E-state index in [-0.39, 0.29) is 5.69 Å². The molecule has 2 amide bonds. The van der Waals surface area contributed by atoms with Gasteiger partial charge in [-0.3, -0.25) is 0 Å². The van der Waals surface area contributed by atoms with Crippen molar-refractivity contribution in [3.05, 3.63) is 53.4 Å². The van der Waals surface area contributed by atoms with Gasteiger partial charge in [0.25, 0.3) is 0 Å². The number of rotatable bonds is 7. The van der Waals surface area contributed by atoms with Crippen LogP contribution >= 0.6 is 12.2 Å². The number of carbonyl (C=O) groups is 1. The maximum absolute atomic E-state index is 13.8. The van der Waals surface area contributed by atoms with Gasteiger partial charge in [0.1, 0.15) is 11.6 Å². The van der Waals surface area contributed by atoms with E-state index in [0.29, 0.717) is 28.8 Å². The van der Waals surface area contributed by atoms with Crippen LogP contribution in [-0.4, -0.2) is 28.9 Å². The molecule has 0 saturated carbocycles. The number of nitrogens with zero attached hydrogens (tertiary/aromatic N) is 1. The Morgan fingerprint density at radius 2 is 1.79 bits per heavy atom. The van der Waals surface area contributed by atoms with E-state index < -0.39 is 17.7 Å². The molecule has 1 aliphatic carbocycles. The van der Waals surface area contributed by atoms with Gasteiger partial charge < -0.3 is 15.5 Å². The lowest BCUT2D eigenvalue weighted by molar-refractivity contribution is 0.251. The van der Waals surface area contributed by atoms with E-state index in [0.717, 1.165) is 30.9 Å². The Hall–Kier alpha value is -2.28. The molecule has 0 unspecified atom stereocenters. The quantitative estimate of drug-likeness (QED) is 0.608. The fourth-order valence-electron chi connectivity index (χ4n) is 3.02. The zero-order valence-electron chi connectivity index (χ0n) is 16.7. The minimum Gasteiger partial charge on any atom is -0.370 e. The van der Waals surface area contributed by atoms with Crippen LogP contribution in [0.1, 0.15) is 34.1 Å². The number of thiocarbonyl (C=S) groups is 1. The van der Waals surface area contributed by atoms with E-state index in [2.05, 4.69) is 43.2 Å². The topological polar surface area (TPSA) is 44.4 Å². The fraction of sp³-hybridized carbons (Fsp3) is 0.429. The average molecular weight is 408 g/mol. The number of nitrogens with one attached hydrogen (secondary N) is 2. The first-order valence-corrected chi connectivity index (χ1v) is 9.79. The highest BCUT2D eigenvalue weighted by Gasteiger charge is 2.21.